The van der Waals surface area contributed by atoms with Crippen LogP contribution in [0.4, 0.5) is 0 Å². The lowest BCUT2D eigenvalue weighted by molar-refractivity contribution is 0.491. The molecule has 0 unspecified atom stereocenters. The van der Waals surface area contributed by atoms with Crippen LogP contribution in [0.3, 0.4) is 0 Å². The maximum atomic E-state index is 14.5. The standard InChI is InChI=1S/C30H64BOP/c1-5-9-13-17-21-25-29(26-22-18-14-10-6-2)33(31,32)30(27-23-19-15-11-7-3)28-24-20-16-12-8-4/h29-30H,5-28,31H2,1-4H3. The Morgan fingerprint density at radius 2 is 0.636 bits per heavy atom. The first kappa shape index (κ1) is 33.3. The van der Waals surface area contributed by atoms with E-state index in [1.165, 1.54) is 154 Å². The third kappa shape index (κ3) is 18.3. The van der Waals surface area contributed by atoms with Crippen molar-refractivity contribution in [1.82, 2.24) is 0 Å². The van der Waals surface area contributed by atoms with E-state index in [-0.39, 0.29) is 0 Å². The van der Waals surface area contributed by atoms with Crippen molar-refractivity contribution in [3.8, 4) is 0 Å². The fraction of sp³-hybridized carbons (Fsp3) is 1.00. The molecule has 0 aromatic rings. The molecule has 33 heavy (non-hydrogen) atoms. The lowest BCUT2D eigenvalue weighted by Crippen LogP contribution is -2.20. The minimum atomic E-state index is -2.14. The molecule has 3 heteroatoms. The smallest absolute Gasteiger partial charge is 0.183 e. The molecular weight excluding hydrogens is 418 g/mol. The summed E-state index contributed by atoms with van der Waals surface area (Å²) < 4.78 is 14.5. The summed E-state index contributed by atoms with van der Waals surface area (Å²) in [5.41, 5.74) is 0.995. The number of hydrogen-bond acceptors (Lipinski definition) is 1. The Balaban J connectivity index is 5.03. The van der Waals surface area contributed by atoms with Crippen LogP contribution in [0.5, 0.6) is 0 Å². The summed E-state index contributed by atoms with van der Waals surface area (Å²) in [6.45, 7) is 9.19. The molecule has 0 aromatic heterocycles. The van der Waals surface area contributed by atoms with Crippen LogP contribution in [0.2, 0.25) is 0 Å². The third-order valence-electron chi connectivity index (χ3n) is 8.01. The minimum Gasteiger partial charge on any atom is -0.334 e. The second-order valence-electron chi connectivity index (χ2n) is 11.2. The van der Waals surface area contributed by atoms with Crippen molar-refractivity contribution in [1.29, 1.82) is 0 Å². The van der Waals surface area contributed by atoms with Gasteiger partial charge in [0.2, 0.25) is 0 Å². The second-order valence-corrected chi connectivity index (χ2v) is 14.8. The fourth-order valence-electron chi connectivity index (χ4n) is 5.55. The van der Waals surface area contributed by atoms with Gasteiger partial charge in [0.25, 0.3) is 0 Å². The largest absolute Gasteiger partial charge is 0.334 e. The SMILES string of the molecule is BP(=O)(C(CCCCCCC)CCCCCCC)C(CCCCCCC)CCCCCCC. The fourth-order valence-corrected chi connectivity index (χ4v) is 8.92. The third-order valence-corrected chi connectivity index (χ3v) is 11.9. The highest BCUT2D eigenvalue weighted by molar-refractivity contribution is 7.88. The number of hydrogen-bond donors (Lipinski definition) is 0. The molecule has 0 atom stereocenters. The van der Waals surface area contributed by atoms with E-state index >= 15 is 0 Å². The summed E-state index contributed by atoms with van der Waals surface area (Å²) in [7, 11) is 0.113. The Bertz CT molecular complexity index is 375. The predicted molar refractivity (Wildman–Crippen MR) is 157 cm³/mol. The Labute approximate surface area is 212 Å². The second kappa shape index (κ2) is 24.0. The molecule has 0 heterocycles. The lowest BCUT2D eigenvalue weighted by atomic mass is 10.0. The van der Waals surface area contributed by atoms with Gasteiger partial charge in [-0.25, -0.2) is 0 Å². The maximum Gasteiger partial charge on any atom is 0.183 e. The van der Waals surface area contributed by atoms with Crippen LogP contribution < -0.4 is 0 Å². The molecule has 0 aromatic carbocycles. The Morgan fingerprint density at radius 1 is 0.424 bits per heavy atom. The van der Waals surface area contributed by atoms with Crippen molar-refractivity contribution in [2.45, 2.75) is 193 Å². The van der Waals surface area contributed by atoms with E-state index in [1.54, 1.807) is 0 Å². The zero-order chi connectivity index (χ0) is 24.6. The van der Waals surface area contributed by atoms with Crippen LogP contribution in [0.15, 0.2) is 0 Å². The van der Waals surface area contributed by atoms with Crippen molar-refractivity contribution < 1.29 is 4.57 Å². The Morgan fingerprint density at radius 3 is 0.848 bits per heavy atom. The number of rotatable bonds is 26. The molecule has 0 aliphatic rings. The monoisotopic (exact) mass is 482 g/mol. The van der Waals surface area contributed by atoms with Gasteiger partial charge in [0.1, 0.15) is 0 Å². The molecule has 0 fully saturated rings. The van der Waals surface area contributed by atoms with Crippen LogP contribution in [0.1, 0.15) is 182 Å². The van der Waals surface area contributed by atoms with Crippen LogP contribution >= 0.6 is 7.02 Å². The lowest BCUT2D eigenvalue weighted by Gasteiger charge is -2.33. The van der Waals surface area contributed by atoms with E-state index in [0.29, 0.717) is 11.3 Å². The Kier molecular flexibility index (Phi) is 24.2. The normalized spacial score (nSPS) is 12.3. The minimum absolute atomic E-state index is 0.497. The van der Waals surface area contributed by atoms with Crippen molar-refractivity contribution in [3.05, 3.63) is 0 Å². The molecule has 1 nitrogen and oxygen atoms in total. The van der Waals surface area contributed by atoms with E-state index in [4.69, 9.17) is 0 Å². The molecule has 0 saturated carbocycles. The molecule has 0 saturated heterocycles. The first-order valence-corrected chi connectivity index (χ1v) is 17.9. The van der Waals surface area contributed by atoms with Gasteiger partial charge >= 0.3 is 0 Å². The summed E-state index contributed by atoms with van der Waals surface area (Å²) in [5.74, 6) is 0. The van der Waals surface area contributed by atoms with Gasteiger partial charge in [-0.2, -0.15) is 0 Å². The highest BCUT2D eigenvalue weighted by Crippen LogP contribution is 2.57. The zero-order valence-corrected chi connectivity index (χ0v) is 24.9. The van der Waals surface area contributed by atoms with Gasteiger partial charge in [0, 0.05) is 11.3 Å². The molecule has 0 radical (unpaired) electrons. The molecule has 0 N–H and O–H groups in total. The summed E-state index contributed by atoms with van der Waals surface area (Å²) in [6.07, 6.45) is 31.7. The molecule has 0 spiro atoms. The average molecular weight is 483 g/mol. The van der Waals surface area contributed by atoms with Gasteiger partial charge in [0.05, 0.1) is 7.02 Å². The molecular formula is C30H64BOP. The van der Waals surface area contributed by atoms with Gasteiger partial charge in [-0.1, -0.05) is 156 Å². The van der Waals surface area contributed by atoms with Gasteiger partial charge < -0.3 is 4.57 Å². The highest BCUT2D eigenvalue weighted by atomic mass is 31.2. The molecule has 0 bridgehead atoms. The predicted octanol–water partition coefficient (Wildman–Crippen LogP) is 11.1. The molecule has 0 aliphatic carbocycles. The van der Waals surface area contributed by atoms with Gasteiger partial charge in [0.15, 0.2) is 7.57 Å². The van der Waals surface area contributed by atoms with Crippen molar-refractivity contribution in [2.24, 2.45) is 0 Å². The molecule has 198 valence electrons. The summed E-state index contributed by atoms with van der Waals surface area (Å²) in [6, 6.07) is 0. The van der Waals surface area contributed by atoms with Crippen molar-refractivity contribution >= 4 is 14.6 Å². The first-order valence-electron chi connectivity index (χ1n) is 15.6. The van der Waals surface area contributed by atoms with Gasteiger partial charge in [-0.15, -0.1) is 0 Å². The van der Waals surface area contributed by atoms with Crippen LogP contribution in [-0.2, 0) is 4.57 Å². The summed E-state index contributed by atoms with van der Waals surface area (Å²) in [5, 5.41) is 0. The van der Waals surface area contributed by atoms with E-state index in [1.807, 2.05) is 0 Å². The molecule has 0 aliphatic heterocycles. The van der Waals surface area contributed by atoms with Crippen LogP contribution in [0, 0.1) is 0 Å². The van der Waals surface area contributed by atoms with Crippen LogP contribution in [-0.4, -0.2) is 18.9 Å². The molecule has 0 amide bonds. The maximum absolute atomic E-state index is 14.5. The van der Waals surface area contributed by atoms with E-state index in [0.717, 1.165) is 0 Å². The Hall–Kier alpha value is 0.295. The average Bonchev–Trinajstić information content (AvgIpc) is 2.80. The van der Waals surface area contributed by atoms with E-state index < -0.39 is 7.02 Å². The highest BCUT2D eigenvalue weighted by Gasteiger charge is 2.34. The molecule has 0 rings (SSSR count). The van der Waals surface area contributed by atoms with E-state index in [2.05, 4.69) is 35.3 Å². The van der Waals surface area contributed by atoms with Crippen molar-refractivity contribution in [2.75, 3.05) is 0 Å². The van der Waals surface area contributed by atoms with Gasteiger partial charge in [-0.05, 0) is 25.7 Å². The quantitative estimate of drug-likeness (QED) is 0.0680. The number of unbranched alkanes of at least 4 members (excludes halogenated alkanes) is 16. The van der Waals surface area contributed by atoms with Gasteiger partial charge in [-0.3, -0.25) is 0 Å². The van der Waals surface area contributed by atoms with Crippen LogP contribution in [0.25, 0.3) is 0 Å². The summed E-state index contributed by atoms with van der Waals surface area (Å²) >= 11 is 0. The zero-order valence-electron chi connectivity index (χ0n) is 24.0. The topological polar surface area (TPSA) is 17.1 Å². The van der Waals surface area contributed by atoms with E-state index in [9.17, 15) is 4.57 Å². The van der Waals surface area contributed by atoms with Crippen molar-refractivity contribution in [3.63, 3.8) is 0 Å². The first-order chi connectivity index (χ1) is 16.0. The summed E-state index contributed by atoms with van der Waals surface area (Å²) in [4.78, 5) is 0.